The van der Waals surface area contributed by atoms with Crippen molar-refractivity contribution in [2.24, 2.45) is 11.7 Å². The third-order valence-electron chi connectivity index (χ3n) is 2.65. The number of nitrogens with two attached hydrogens (primary N) is 1. The number of allylic oxidation sites excluding steroid dienone is 1. The van der Waals surface area contributed by atoms with Crippen LogP contribution in [0.15, 0.2) is 12.2 Å². The van der Waals surface area contributed by atoms with Crippen LogP contribution in [0.4, 0.5) is 0 Å². The summed E-state index contributed by atoms with van der Waals surface area (Å²) in [6.07, 6.45) is 7.58. The van der Waals surface area contributed by atoms with E-state index >= 15 is 0 Å². The molecule has 2 aliphatic rings. The molecule has 2 rings (SSSR count). The molecule has 0 aliphatic carbocycles. The lowest BCUT2D eigenvalue weighted by molar-refractivity contribution is -0.122. The van der Waals surface area contributed by atoms with Gasteiger partial charge >= 0.3 is 0 Å². The number of carbonyl (C=O) groups is 1. The predicted molar refractivity (Wildman–Crippen MR) is 50.8 cm³/mol. The lowest BCUT2D eigenvalue weighted by Crippen LogP contribution is -2.37. The first-order valence-electron chi connectivity index (χ1n) is 4.39. The summed E-state index contributed by atoms with van der Waals surface area (Å²) < 4.78 is 0. The second-order valence-electron chi connectivity index (χ2n) is 3.46. The van der Waals surface area contributed by atoms with E-state index in [1.54, 1.807) is 0 Å². The van der Waals surface area contributed by atoms with Crippen LogP contribution in [0.1, 0.15) is 19.3 Å². The van der Waals surface area contributed by atoms with Gasteiger partial charge in [0.15, 0.2) is 0 Å². The van der Waals surface area contributed by atoms with Crippen LogP contribution in [-0.4, -0.2) is 16.4 Å². The van der Waals surface area contributed by atoms with Gasteiger partial charge < -0.3 is 5.73 Å². The minimum atomic E-state index is -0.110. The smallest absolute Gasteiger partial charge is 0.221 e. The molecule has 12 heavy (non-hydrogen) atoms. The number of carbonyl (C=O) groups excluding carboxylic acids is 1. The molecule has 1 fully saturated rings. The van der Waals surface area contributed by atoms with Crippen LogP contribution in [0.25, 0.3) is 0 Å². The van der Waals surface area contributed by atoms with Crippen molar-refractivity contribution in [3.05, 3.63) is 12.2 Å². The number of hydrogen-bond acceptors (Lipinski definition) is 2. The lowest BCUT2D eigenvalue weighted by atomic mass is 9.92. The molecule has 2 bridgehead atoms. The molecule has 0 saturated carbocycles. The van der Waals surface area contributed by atoms with Crippen LogP contribution >= 0.6 is 11.8 Å². The van der Waals surface area contributed by atoms with Crippen molar-refractivity contribution in [2.75, 3.05) is 0 Å². The summed E-state index contributed by atoms with van der Waals surface area (Å²) in [4.78, 5) is 11.0. The van der Waals surface area contributed by atoms with Crippen molar-refractivity contribution in [3.63, 3.8) is 0 Å². The van der Waals surface area contributed by atoms with E-state index in [4.69, 9.17) is 5.73 Å². The fourth-order valence-corrected chi connectivity index (χ4v) is 3.57. The van der Waals surface area contributed by atoms with Crippen LogP contribution in [0.5, 0.6) is 0 Å². The highest BCUT2D eigenvalue weighted by atomic mass is 32.2. The predicted octanol–water partition coefficient (Wildman–Crippen LogP) is 1.31. The molecule has 2 N–H and O–H groups in total. The van der Waals surface area contributed by atoms with Crippen molar-refractivity contribution >= 4 is 17.7 Å². The molecule has 0 aromatic carbocycles. The van der Waals surface area contributed by atoms with Gasteiger partial charge in [0.05, 0.1) is 0 Å². The van der Waals surface area contributed by atoms with E-state index < -0.39 is 0 Å². The third kappa shape index (κ3) is 1.38. The average Bonchev–Trinajstić information content (AvgIpc) is 2.04. The number of rotatable bonds is 1. The molecule has 1 amide bonds. The van der Waals surface area contributed by atoms with Gasteiger partial charge in [-0.05, 0) is 19.3 Å². The summed E-state index contributed by atoms with van der Waals surface area (Å²) in [7, 11) is 0. The zero-order valence-electron chi connectivity index (χ0n) is 6.90. The van der Waals surface area contributed by atoms with Gasteiger partial charge in [-0.3, -0.25) is 4.79 Å². The van der Waals surface area contributed by atoms with Crippen LogP contribution < -0.4 is 5.73 Å². The first-order chi connectivity index (χ1) is 5.77. The van der Waals surface area contributed by atoms with E-state index in [2.05, 4.69) is 12.2 Å². The first kappa shape index (κ1) is 8.17. The van der Waals surface area contributed by atoms with Gasteiger partial charge in [-0.25, -0.2) is 0 Å². The number of hydrogen-bond donors (Lipinski definition) is 1. The van der Waals surface area contributed by atoms with Crippen molar-refractivity contribution < 1.29 is 4.79 Å². The van der Waals surface area contributed by atoms with E-state index in [1.165, 1.54) is 0 Å². The standard InChI is InChI=1S/C9H13NOS/c10-9(11)7-5-4-6-2-1-3-8(7)12-6/h1-2,6-8H,3-5H2,(H2,10,11). The zero-order valence-corrected chi connectivity index (χ0v) is 7.72. The molecule has 3 heteroatoms. The van der Waals surface area contributed by atoms with Crippen molar-refractivity contribution in [3.8, 4) is 0 Å². The number of thioether (sulfide) groups is 1. The van der Waals surface area contributed by atoms with Crippen molar-refractivity contribution in [1.29, 1.82) is 0 Å². The maximum absolute atomic E-state index is 11.0. The van der Waals surface area contributed by atoms with Crippen LogP contribution in [0, 0.1) is 5.92 Å². The largest absolute Gasteiger partial charge is 0.369 e. The highest BCUT2D eigenvalue weighted by Gasteiger charge is 2.34. The Morgan fingerprint density at radius 3 is 3.08 bits per heavy atom. The normalized spacial score (nSPS) is 39.5. The topological polar surface area (TPSA) is 43.1 Å². The summed E-state index contributed by atoms with van der Waals surface area (Å²) in [6, 6.07) is 0. The Labute approximate surface area is 76.6 Å². The van der Waals surface area contributed by atoms with Gasteiger partial charge in [0, 0.05) is 16.4 Å². The second kappa shape index (κ2) is 3.13. The van der Waals surface area contributed by atoms with E-state index in [1.807, 2.05) is 11.8 Å². The summed E-state index contributed by atoms with van der Waals surface area (Å²) in [5, 5.41) is 1.12. The van der Waals surface area contributed by atoms with Gasteiger partial charge in [-0.15, -0.1) is 11.8 Å². The van der Waals surface area contributed by atoms with Gasteiger partial charge in [0.2, 0.25) is 5.91 Å². The Morgan fingerprint density at radius 2 is 2.33 bits per heavy atom. The Balaban J connectivity index is 2.11. The molecule has 66 valence electrons. The van der Waals surface area contributed by atoms with Crippen LogP contribution in [0.3, 0.4) is 0 Å². The Kier molecular flexibility index (Phi) is 2.13. The van der Waals surface area contributed by atoms with Crippen LogP contribution in [-0.2, 0) is 4.79 Å². The van der Waals surface area contributed by atoms with E-state index in [0.29, 0.717) is 10.5 Å². The Hall–Kier alpha value is -0.440. The minimum Gasteiger partial charge on any atom is -0.369 e. The maximum atomic E-state index is 11.0. The summed E-state index contributed by atoms with van der Waals surface area (Å²) in [6.45, 7) is 0. The number of amides is 1. The number of fused-ring (bicyclic) bond motifs is 2. The van der Waals surface area contributed by atoms with Gasteiger partial charge in [-0.2, -0.15) is 0 Å². The third-order valence-corrected chi connectivity index (χ3v) is 4.26. The molecular weight excluding hydrogens is 170 g/mol. The highest BCUT2D eigenvalue weighted by Crippen LogP contribution is 2.41. The Morgan fingerprint density at radius 1 is 1.50 bits per heavy atom. The summed E-state index contributed by atoms with van der Waals surface area (Å²) in [5.74, 6) is 0.0115. The Bertz CT molecular complexity index is 227. The van der Waals surface area contributed by atoms with E-state index in [-0.39, 0.29) is 11.8 Å². The average molecular weight is 183 g/mol. The monoisotopic (exact) mass is 183 g/mol. The second-order valence-corrected chi connectivity index (χ2v) is 4.95. The minimum absolute atomic E-state index is 0.110. The number of primary amides is 1. The van der Waals surface area contributed by atoms with Crippen molar-refractivity contribution in [2.45, 2.75) is 29.8 Å². The molecule has 2 nitrogen and oxygen atoms in total. The maximum Gasteiger partial charge on any atom is 0.221 e. The van der Waals surface area contributed by atoms with Gasteiger partial charge in [0.25, 0.3) is 0 Å². The molecular formula is C9H13NOS. The molecule has 2 heterocycles. The zero-order chi connectivity index (χ0) is 8.55. The molecule has 1 saturated heterocycles. The van der Waals surface area contributed by atoms with Crippen LogP contribution in [0.2, 0.25) is 0 Å². The molecule has 0 radical (unpaired) electrons. The quantitative estimate of drug-likeness (QED) is 0.623. The molecule has 3 unspecified atom stereocenters. The summed E-state index contributed by atoms with van der Waals surface area (Å²) in [5.41, 5.74) is 5.33. The highest BCUT2D eigenvalue weighted by molar-refractivity contribution is 8.00. The fraction of sp³-hybridized carbons (Fsp3) is 0.667. The molecule has 0 aromatic rings. The molecule has 2 aliphatic heterocycles. The van der Waals surface area contributed by atoms with E-state index in [9.17, 15) is 4.79 Å². The van der Waals surface area contributed by atoms with Gasteiger partial charge in [-0.1, -0.05) is 12.2 Å². The SMILES string of the molecule is NC(=O)C1CCC2C=CCC1S2. The lowest BCUT2D eigenvalue weighted by Gasteiger charge is -2.35. The van der Waals surface area contributed by atoms with E-state index in [0.717, 1.165) is 19.3 Å². The van der Waals surface area contributed by atoms with Crippen molar-refractivity contribution in [1.82, 2.24) is 0 Å². The first-order valence-corrected chi connectivity index (χ1v) is 5.33. The summed E-state index contributed by atoms with van der Waals surface area (Å²) >= 11 is 1.92. The van der Waals surface area contributed by atoms with Gasteiger partial charge in [0.1, 0.15) is 0 Å². The molecule has 0 spiro atoms. The molecule has 3 atom stereocenters. The molecule has 0 aromatic heterocycles. The fourth-order valence-electron chi connectivity index (χ4n) is 1.97.